The second-order valence-electron chi connectivity index (χ2n) is 4.68. The first-order valence-electron chi connectivity index (χ1n) is 7.21. The molecule has 0 bridgehead atoms. The van der Waals surface area contributed by atoms with Gasteiger partial charge in [0.1, 0.15) is 0 Å². The number of fused-ring (bicyclic) bond motifs is 1. The number of rotatable bonds is 3. The topological polar surface area (TPSA) is 0 Å². The van der Waals surface area contributed by atoms with Gasteiger partial charge in [-0.05, 0) is 0 Å². The van der Waals surface area contributed by atoms with Crippen molar-refractivity contribution >= 4 is 24.5 Å². The molecule has 3 aromatic rings. The summed E-state index contributed by atoms with van der Waals surface area (Å²) in [6, 6.07) is 23.3. The van der Waals surface area contributed by atoms with Crippen LogP contribution in [0.4, 0.5) is 0 Å². The average molecular weight is 515 g/mol. The van der Waals surface area contributed by atoms with Crippen LogP contribution in [0, 0.1) is 29.7 Å². The van der Waals surface area contributed by atoms with Crippen molar-refractivity contribution in [2.75, 3.05) is 0 Å². The van der Waals surface area contributed by atoms with Crippen molar-refractivity contribution in [3.8, 4) is 0 Å². The van der Waals surface area contributed by atoms with Crippen LogP contribution in [0.3, 0.4) is 0 Å². The van der Waals surface area contributed by atoms with Crippen molar-refractivity contribution < 1.29 is 45.3 Å². The van der Waals surface area contributed by atoms with Gasteiger partial charge >= 0.3 is 34.2 Å². The second kappa shape index (κ2) is 28.3. The maximum atomic E-state index is 3.27. The Balaban J connectivity index is -0.0000000598. The molecule has 154 valence electrons. The molecule has 3 aromatic carbocycles. The molecule has 0 nitrogen and oxygen atoms in total. The van der Waals surface area contributed by atoms with Crippen LogP contribution in [0.1, 0.15) is 25.3 Å². The minimum atomic E-state index is -0.159. The summed E-state index contributed by atoms with van der Waals surface area (Å²) >= 11 is -0.159. The van der Waals surface area contributed by atoms with Crippen molar-refractivity contribution in [2.45, 2.75) is 26.2 Å². The number of aryl methyl sites for hydroxylation is 1. The molecule has 0 spiro atoms. The van der Waals surface area contributed by atoms with Gasteiger partial charge in [-0.25, -0.2) is 6.07 Å². The molecular formula is C22H32Cl2Si2Zr-8. The second-order valence-corrected chi connectivity index (χ2v) is 11.2. The van der Waals surface area contributed by atoms with E-state index in [-0.39, 0.29) is 75.0 Å². The Morgan fingerprint density at radius 3 is 1.96 bits per heavy atom. The van der Waals surface area contributed by atoms with Crippen LogP contribution >= 0.6 is 0 Å². The van der Waals surface area contributed by atoms with Crippen molar-refractivity contribution in [3.05, 3.63) is 102 Å². The zero-order chi connectivity index (χ0) is 15.3. The van der Waals surface area contributed by atoms with E-state index >= 15 is 0 Å². The summed E-state index contributed by atoms with van der Waals surface area (Å²) in [5, 5.41) is 2.66. The summed E-state index contributed by atoms with van der Waals surface area (Å²) < 4.78 is 0. The third kappa shape index (κ3) is 19.2. The first-order valence-corrected chi connectivity index (χ1v) is 15.6. The molecule has 0 aliphatic heterocycles. The van der Waals surface area contributed by atoms with Gasteiger partial charge in [0, 0.05) is 0 Å². The Morgan fingerprint density at radius 2 is 1.48 bits per heavy atom. The first-order chi connectivity index (χ1) is 10.3. The number of unbranched alkanes of at least 4 members (excludes halogenated alkanes) is 1. The van der Waals surface area contributed by atoms with Gasteiger partial charge in [0.15, 0.2) is 0 Å². The van der Waals surface area contributed by atoms with Gasteiger partial charge in [-0.1, -0.05) is 32.3 Å². The molecule has 27 heavy (non-hydrogen) atoms. The summed E-state index contributed by atoms with van der Waals surface area (Å²) in [7, 11) is 0. The summed E-state index contributed by atoms with van der Waals surface area (Å²) in [6.07, 6.45) is 3.87. The van der Waals surface area contributed by atoms with Crippen LogP contribution in [-0.2, 0) is 26.9 Å². The van der Waals surface area contributed by atoms with E-state index in [1.54, 1.807) is 0 Å². The van der Waals surface area contributed by atoms with E-state index in [2.05, 4.69) is 87.4 Å². The zero-order valence-electron chi connectivity index (χ0n) is 17.2. The normalized spacial score (nSPS) is 7.00. The van der Waals surface area contributed by atoms with Gasteiger partial charge < -0.3 is 54.5 Å². The molecule has 0 aliphatic carbocycles. The van der Waals surface area contributed by atoms with Crippen LogP contribution in [0.25, 0.3) is 10.8 Å². The van der Waals surface area contributed by atoms with E-state index in [1.807, 2.05) is 0 Å². The van der Waals surface area contributed by atoms with E-state index in [0.717, 1.165) is 0 Å². The Labute approximate surface area is 196 Å². The molecule has 0 unspecified atom stereocenters. The quantitative estimate of drug-likeness (QED) is 0.350. The predicted molar refractivity (Wildman–Crippen MR) is 117 cm³/mol. The molecule has 0 atom stereocenters. The van der Waals surface area contributed by atoms with Crippen LogP contribution in [0.5, 0.6) is 0 Å². The first kappa shape index (κ1) is 41.4. The molecule has 0 aromatic heterocycles. The molecule has 0 saturated carbocycles. The minimum absolute atomic E-state index is 0. The molecule has 0 fully saturated rings. The number of hydrogen-bond acceptors (Lipinski definition) is 0. The van der Waals surface area contributed by atoms with Crippen molar-refractivity contribution in [3.63, 3.8) is 0 Å². The fourth-order valence-corrected chi connectivity index (χ4v) is 2.03. The van der Waals surface area contributed by atoms with Crippen LogP contribution in [0.2, 0.25) is 0 Å². The van der Waals surface area contributed by atoms with Gasteiger partial charge in [-0.3, -0.25) is 0 Å². The van der Waals surface area contributed by atoms with E-state index in [4.69, 9.17) is 0 Å². The molecule has 0 aliphatic rings. The van der Waals surface area contributed by atoms with Gasteiger partial charge in [0.05, 0.1) is 0 Å². The average Bonchev–Trinajstić information content (AvgIpc) is 3.18. The third-order valence-electron chi connectivity index (χ3n) is 3.10. The molecule has 4 radical (unpaired) electrons. The number of benzene rings is 1. The zero-order valence-corrected chi connectivity index (χ0v) is 23.2. The molecule has 5 heteroatoms. The molecule has 0 heterocycles. The fraction of sp³-hybridized carbons (Fsp3) is 0.182. The molecular weight excluding hydrogens is 483 g/mol. The fourth-order valence-electron chi connectivity index (χ4n) is 2.03. The Morgan fingerprint density at radius 1 is 0.889 bits per heavy atom. The van der Waals surface area contributed by atoms with Crippen molar-refractivity contribution in [1.29, 1.82) is 0 Å². The van der Waals surface area contributed by atoms with Crippen molar-refractivity contribution in [2.24, 2.45) is 0 Å². The number of hydrogen-bond donors (Lipinski definition) is 0. The summed E-state index contributed by atoms with van der Waals surface area (Å²) in [4.78, 5) is 0. The van der Waals surface area contributed by atoms with Gasteiger partial charge in [-0.2, -0.15) is 41.3 Å². The standard InChI is InChI=1S/C9H7.C9H13.4CH3.2ClH.2Si.Zr/c1-2-5-9-7-3-6-8(9)4-1;1-2-3-6-9-7-4-5-8-9;;;;;;;;;/h1-7H;4-5,7-8H,2-3,6H2,1H3;4*1H3;2*1H;;;/q6*-1;;;;;/p-2. The summed E-state index contributed by atoms with van der Waals surface area (Å²) in [5.41, 5.74) is 1.48. The van der Waals surface area contributed by atoms with E-state index in [1.165, 1.54) is 35.6 Å². The Kier molecular flexibility index (Phi) is 43.4. The monoisotopic (exact) mass is 512 g/mol. The van der Waals surface area contributed by atoms with Crippen LogP contribution in [-0.4, -0.2) is 13.8 Å². The smallest absolute Gasteiger partial charge is 0.0809 e. The van der Waals surface area contributed by atoms with Gasteiger partial charge in [0.25, 0.3) is 0 Å². The largest absolute Gasteiger partial charge is 0.168 e. The molecule has 0 saturated heterocycles. The van der Waals surface area contributed by atoms with Gasteiger partial charge in [0.2, 0.25) is 0 Å². The summed E-state index contributed by atoms with van der Waals surface area (Å²) in [6.45, 7) is 8.76. The Hall–Kier alpha value is 0.0769. The third-order valence-corrected chi connectivity index (χ3v) is 3.10. The maximum absolute atomic E-state index is 3.27. The van der Waals surface area contributed by atoms with Crippen LogP contribution in [0.15, 0.2) is 66.7 Å². The molecule has 0 amide bonds. The predicted octanol–water partition coefficient (Wildman–Crippen LogP) is 0.352. The molecule has 0 N–H and O–H groups in total. The summed E-state index contributed by atoms with van der Waals surface area (Å²) in [5.74, 6) is 0. The SMILES string of the molecule is CCCCc1cc[cH-]c1.[CH3-].[CH3-].[CH3-].[CH3-].[Cl-].[Cl-].[Si]=[Zr]=[Si].c1ccc2[cH-]ccc2c1. The van der Waals surface area contributed by atoms with E-state index in [9.17, 15) is 0 Å². The number of halogens is 2. The van der Waals surface area contributed by atoms with E-state index < -0.39 is 0 Å². The molecule has 3 rings (SSSR count). The van der Waals surface area contributed by atoms with Crippen molar-refractivity contribution in [1.82, 2.24) is 0 Å². The minimum Gasteiger partial charge on any atom is -0.168 e. The van der Waals surface area contributed by atoms with Gasteiger partial charge in [-0.15, -0.1) is 29.7 Å². The Bertz CT molecular complexity index is 613. The maximum Gasteiger partial charge on any atom is -0.0809 e. The van der Waals surface area contributed by atoms with E-state index in [0.29, 0.717) is 0 Å². The van der Waals surface area contributed by atoms with Crippen LogP contribution < -0.4 is 24.8 Å².